The van der Waals surface area contributed by atoms with E-state index in [1.165, 1.54) is 44.9 Å². The van der Waals surface area contributed by atoms with Crippen LogP contribution in [0.4, 0.5) is 0 Å². The van der Waals surface area contributed by atoms with E-state index >= 15 is 0 Å². The first kappa shape index (κ1) is 22.8. The van der Waals surface area contributed by atoms with Crippen LogP contribution in [0, 0.1) is 52.3 Å². The molecule has 172 valence electrons. The molecule has 4 aliphatic carbocycles. The van der Waals surface area contributed by atoms with Crippen molar-refractivity contribution in [3.05, 3.63) is 0 Å². The number of hydrogen-bond donors (Lipinski definition) is 1. The monoisotopic (exact) mass is 416 g/mol. The molecule has 0 unspecified atom stereocenters. The van der Waals surface area contributed by atoms with Gasteiger partial charge in [0.05, 0.1) is 5.60 Å². The van der Waals surface area contributed by atoms with Crippen molar-refractivity contribution in [2.24, 2.45) is 52.3 Å². The van der Waals surface area contributed by atoms with Crippen molar-refractivity contribution in [3.8, 4) is 0 Å². The van der Waals surface area contributed by atoms with Gasteiger partial charge >= 0.3 is 0 Å². The number of aliphatic hydroxyl groups is 1. The molecule has 0 bridgehead atoms. The largest absolute Gasteiger partial charge is 0.389 e. The van der Waals surface area contributed by atoms with E-state index in [2.05, 4.69) is 41.5 Å². The summed E-state index contributed by atoms with van der Waals surface area (Å²) in [5.41, 5.74) is -0.334. The first-order valence-electron chi connectivity index (χ1n) is 13.3. The molecule has 0 aromatic rings. The molecule has 0 saturated heterocycles. The molecular formula is C28H48O2. The van der Waals surface area contributed by atoms with E-state index in [1.54, 1.807) is 0 Å². The average molecular weight is 417 g/mol. The Kier molecular flexibility index (Phi) is 6.00. The summed E-state index contributed by atoms with van der Waals surface area (Å²) >= 11 is 0. The van der Waals surface area contributed by atoms with Crippen molar-refractivity contribution in [2.45, 2.75) is 118 Å². The second-order valence-electron chi connectivity index (χ2n) is 13.1. The van der Waals surface area contributed by atoms with Gasteiger partial charge < -0.3 is 5.11 Å². The second-order valence-corrected chi connectivity index (χ2v) is 13.1. The van der Waals surface area contributed by atoms with Gasteiger partial charge in [0, 0.05) is 18.3 Å². The summed E-state index contributed by atoms with van der Waals surface area (Å²) in [6.45, 7) is 14.5. The SMILES string of the molecule is CC(C)CCC[C@@H](C)[C@H]1CC[C@H]2[C@@H]3C[C@@H](C)[C@@]4(O)CC(=O)CC[C@]4(C)[C@H]3CC[C@]12C. The molecule has 0 spiro atoms. The van der Waals surface area contributed by atoms with Crippen LogP contribution in [-0.2, 0) is 4.79 Å². The maximum atomic E-state index is 12.3. The third kappa shape index (κ3) is 3.34. The Morgan fingerprint density at radius 2 is 1.77 bits per heavy atom. The van der Waals surface area contributed by atoms with Crippen LogP contribution in [0.25, 0.3) is 0 Å². The quantitative estimate of drug-likeness (QED) is 0.522. The molecule has 0 radical (unpaired) electrons. The smallest absolute Gasteiger partial charge is 0.135 e. The molecule has 4 aliphatic rings. The molecule has 0 aromatic heterocycles. The molecule has 0 heterocycles. The van der Waals surface area contributed by atoms with Crippen LogP contribution in [0.2, 0.25) is 0 Å². The Morgan fingerprint density at radius 3 is 2.47 bits per heavy atom. The highest BCUT2D eigenvalue weighted by molar-refractivity contribution is 5.81. The minimum Gasteiger partial charge on any atom is -0.389 e. The minimum absolute atomic E-state index is 0.0639. The van der Waals surface area contributed by atoms with Gasteiger partial charge in [0.2, 0.25) is 0 Å². The molecule has 4 rings (SSSR count). The first-order valence-corrected chi connectivity index (χ1v) is 13.3. The summed E-state index contributed by atoms with van der Waals surface area (Å²) < 4.78 is 0. The third-order valence-corrected chi connectivity index (χ3v) is 11.3. The summed E-state index contributed by atoms with van der Waals surface area (Å²) in [7, 11) is 0. The third-order valence-electron chi connectivity index (χ3n) is 11.3. The van der Waals surface area contributed by atoms with Crippen molar-refractivity contribution in [3.63, 3.8) is 0 Å². The summed E-state index contributed by atoms with van der Waals surface area (Å²) in [6, 6.07) is 0. The van der Waals surface area contributed by atoms with E-state index in [-0.39, 0.29) is 17.1 Å². The number of carbonyl (C=O) groups excluding carboxylic acids is 1. The van der Waals surface area contributed by atoms with Crippen LogP contribution in [0.15, 0.2) is 0 Å². The van der Waals surface area contributed by atoms with Crippen molar-refractivity contribution in [2.75, 3.05) is 0 Å². The average Bonchev–Trinajstić information content (AvgIpc) is 3.01. The molecular weight excluding hydrogens is 368 g/mol. The Morgan fingerprint density at radius 1 is 1.03 bits per heavy atom. The molecule has 4 saturated carbocycles. The Bertz CT molecular complexity index is 655. The number of ketones is 1. The number of carbonyl (C=O) groups is 1. The predicted molar refractivity (Wildman–Crippen MR) is 124 cm³/mol. The van der Waals surface area contributed by atoms with Crippen LogP contribution < -0.4 is 0 Å². The zero-order valence-electron chi connectivity index (χ0n) is 20.7. The van der Waals surface area contributed by atoms with E-state index in [1.807, 2.05) is 0 Å². The normalized spacial score (nSPS) is 49.5. The van der Waals surface area contributed by atoms with Gasteiger partial charge in [-0.05, 0) is 85.4 Å². The molecule has 9 atom stereocenters. The molecule has 2 nitrogen and oxygen atoms in total. The summed E-state index contributed by atoms with van der Waals surface area (Å²) in [4.78, 5) is 12.3. The van der Waals surface area contributed by atoms with Crippen LogP contribution >= 0.6 is 0 Å². The van der Waals surface area contributed by atoms with Gasteiger partial charge in [0.15, 0.2) is 0 Å². The lowest BCUT2D eigenvalue weighted by molar-refractivity contribution is -0.227. The first-order chi connectivity index (χ1) is 14.0. The number of rotatable bonds is 5. The summed E-state index contributed by atoms with van der Waals surface area (Å²) in [5.74, 6) is 5.28. The molecule has 0 amide bonds. The van der Waals surface area contributed by atoms with Gasteiger partial charge in [-0.2, -0.15) is 0 Å². The number of fused-ring (bicyclic) bond motifs is 5. The van der Waals surface area contributed by atoms with Gasteiger partial charge in [-0.3, -0.25) is 4.79 Å². The number of hydrogen-bond acceptors (Lipinski definition) is 2. The molecule has 0 aliphatic heterocycles. The van der Waals surface area contributed by atoms with Crippen molar-refractivity contribution in [1.29, 1.82) is 0 Å². The maximum absolute atomic E-state index is 12.3. The summed E-state index contributed by atoms with van der Waals surface area (Å²) in [6.07, 6.45) is 12.7. The van der Waals surface area contributed by atoms with E-state index in [0.29, 0.717) is 24.2 Å². The topological polar surface area (TPSA) is 37.3 Å². The predicted octanol–water partition coefficient (Wildman–Crippen LogP) is 7.04. The van der Waals surface area contributed by atoms with Crippen molar-refractivity contribution < 1.29 is 9.90 Å². The highest BCUT2D eigenvalue weighted by Crippen LogP contribution is 2.69. The van der Waals surface area contributed by atoms with Crippen LogP contribution in [0.1, 0.15) is 112 Å². The fourth-order valence-electron chi connectivity index (χ4n) is 9.49. The fraction of sp³-hybridized carbons (Fsp3) is 0.964. The van der Waals surface area contributed by atoms with E-state index in [0.717, 1.165) is 42.4 Å². The van der Waals surface area contributed by atoms with Crippen LogP contribution in [0.3, 0.4) is 0 Å². The van der Waals surface area contributed by atoms with Crippen LogP contribution in [-0.4, -0.2) is 16.5 Å². The standard InChI is InChI=1S/C28H48O2/c1-18(2)8-7-9-19(3)23-10-11-24-22-16-20(4)28(30)17-21(29)12-15-27(28,6)25(22)13-14-26(23,24)5/h18-20,22-25,30H,7-17H2,1-6H3/t19-,20-,22+,23-,24+,25+,26-,27-,28+/m1/s1. The van der Waals surface area contributed by atoms with E-state index in [4.69, 9.17) is 0 Å². The molecule has 30 heavy (non-hydrogen) atoms. The Hall–Kier alpha value is -0.370. The van der Waals surface area contributed by atoms with Crippen LogP contribution in [0.5, 0.6) is 0 Å². The molecule has 2 heteroatoms. The van der Waals surface area contributed by atoms with Gasteiger partial charge in [0.25, 0.3) is 0 Å². The Balaban J connectivity index is 1.54. The van der Waals surface area contributed by atoms with E-state index in [9.17, 15) is 9.90 Å². The zero-order chi connectivity index (χ0) is 21.9. The Labute approximate surface area is 186 Å². The zero-order valence-corrected chi connectivity index (χ0v) is 20.7. The highest BCUT2D eigenvalue weighted by Gasteiger charge is 2.66. The lowest BCUT2D eigenvalue weighted by atomic mass is 9.41. The second kappa shape index (κ2) is 7.89. The molecule has 0 aromatic carbocycles. The van der Waals surface area contributed by atoms with Crippen molar-refractivity contribution in [1.82, 2.24) is 0 Å². The molecule has 1 N–H and O–H groups in total. The minimum atomic E-state index is -0.764. The maximum Gasteiger partial charge on any atom is 0.135 e. The fourth-order valence-corrected chi connectivity index (χ4v) is 9.49. The lowest BCUT2D eigenvalue weighted by Crippen LogP contribution is -2.65. The van der Waals surface area contributed by atoms with Gasteiger partial charge in [0.1, 0.15) is 5.78 Å². The lowest BCUT2D eigenvalue weighted by Gasteiger charge is -2.65. The van der Waals surface area contributed by atoms with E-state index < -0.39 is 5.60 Å². The molecule has 4 fully saturated rings. The van der Waals surface area contributed by atoms with Gasteiger partial charge in [-0.15, -0.1) is 0 Å². The van der Waals surface area contributed by atoms with Gasteiger partial charge in [-0.25, -0.2) is 0 Å². The van der Waals surface area contributed by atoms with Crippen molar-refractivity contribution >= 4 is 5.78 Å². The number of Topliss-reactive ketones (excluding diaryl/α,β-unsaturated/α-hetero) is 1. The van der Waals surface area contributed by atoms with Gasteiger partial charge in [-0.1, -0.05) is 60.8 Å². The summed E-state index contributed by atoms with van der Waals surface area (Å²) in [5, 5.41) is 11.8. The highest BCUT2D eigenvalue weighted by atomic mass is 16.3.